The number of nitrogens with zero attached hydrogens (tertiary/aromatic N) is 1. The third-order valence-corrected chi connectivity index (χ3v) is 0.827. The monoisotopic (exact) mass is 108 g/mol. The molecule has 0 aliphatic carbocycles. The zero-order chi connectivity index (χ0) is 5.82. The molecular weight excluding hydrogens is 102 g/mol. The van der Waals surface area contributed by atoms with Crippen molar-refractivity contribution in [1.82, 2.24) is 0 Å². The van der Waals surface area contributed by atoms with Crippen molar-refractivity contribution in [2.45, 2.75) is 6.54 Å². The van der Waals surface area contributed by atoms with E-state index in [9.17, 15) is 0 Å². The van der Waals surface area contributed by atoms with Crippen LogP contribution in [0.2, 0.25) is 0 Å². The maximum atomic E-state index is 4.90. The predicted octanol–water partition coefficient (Wildman–Crippen LogP) is 1.74. The Bertz CT molecular complexity index is 183. The Morgan fingerprint density at radius 1 is 1.75 bits per heavy atom. The van der Waals surface area contributed by atoms with E-state index < -0.39 is 0 Å². The molecule has 0 fully saturated rings. The Labute approximate surface area is 47.6 Å². The molecule has 2 nitrogen and oxygen atoms in total. The van der Waals surface area contributed by atoms with Gasteiger partial charge in [-0.25, -0.2) is 0 Å². The van der Waals surface area contributed by atoms with Crippen LogP contribution in [0.15, 0.2) is 22.8 Å². The lowest BCUT2D eigenvalue weighted by molar-refractivity contribution is 0.522. The van der Waals surface area contributed by atoms with Gasteiger partial charge in [-0.1, -0.05) is 4.85 Å². The Kier molecular flexibility index (Phi) is 1.34. The van der Waals surface area contributed by atoms with Crippen molar-refractivity contribution in [2.24, 2.45) is 0 Å². The lowest BCUT2D eigenvalue weighted by Gasteiger charge is -1.71. The molecule has 2 heteroatoms. The summed E-state index contributed by atoms with van der Waals surface area (Å²) in [6.45, 7) is 5.35. The highest BCUT2D eigenvalue weighted by atomic mass is 16.3. The smallest absolute Gasteiger partial charge is 0.319 e. The number of furan rings is 1. The molecular formula is C6H6NO+. The molecule has 0 saturated heterocycles. The number of rotatable bonds is 1. The van der Waals surface area contributed by atoms with Gasteiger partial charge in [-0.2, -0.15) is 0 Å². The lowest BCUT2D eigenvalue weighted by atomic mass is 10.5. The number of hydrogen-bond donors (Lipinski definition) is 0. The Hall–Kier alpha value is -1.23. The molecule has 0 aromatic carbocycles. The van der Waals surface area contributed by atoms with Crippen LogP contribution >= 0.6 is 0 Å². The minimum atomic E-state index is 0.465. The largest absolute Gasteiger partial charge is 0.461 e. The van der Waals surface area contributed by atoms with Crippen LogP contribution in [0.25, 0.3) is 4.85 Å². The summed E-state index contributed by atoms with van der Waals surface area (Å²) in [5.41, 5.74) is 0. The summed E-state index contributed by atoms with van der Waals surface area (Å²) in [7, 11) is 0. The molecule has 8 heavy (non-hydrogen) atoms. The molecule has 0 amide bonds. The highest BCUT2D eigenvalue weighted by molar-refractivity contribution is 5.00. The normalized spacial score (nSPS) is 8.38. The molecule has 0 aliphatic heterocycles. The molecule has 0 saturated carbocycles. The Morgan fingerprint density at radius 2 is 2.62 bits per heavy atom. The zero-order valence-electron chi connectivity index (χ0n) is 4.37. The molecule has 0 radical (unpaired) electrons. The SMILES string of the molecule is C#[N+]Cc1ccco1. The fraction of sp³-hybridized carbons (Fsp3) is 0.167. The van der Waals surface area contributed by atoms with Gasteiger partial charge in [-0.15, -0.1) is 0 Å². The van der Waals surface area contributed by atoms with Gasteiger partial charge in [-0.05, 0) is 12.1 Å². The van der Waals surface area contributed by atoms with E-state index in [1.54, 1.807) is 12.3 Å². The molecule has 0 aliphatic rings. The van der Waals surface area contributed by atoms with Crippen LogP contribution in [0, 0.1) is 6.57 Å². The van der Waals surface area contributed by atoms with Crippen LogP contribution in [0.4, 0.5) is 0 Å². The van der Waals surface area contributed by atoms with E-state index in [0.29, 0.717) is 6.54 Å². The molecule has 1 heterocycles. The first kappa shape index (κ1) is 4.92. The lowest BCUT2D eigenvalue weighted by Crippen LogP contribution is -1.67. The quantitative estimate of drug-likeness (QED) is 0.535. The second kappa shape index (κ2) is 2.17. The van der Waals surface area contributed by atoms with E-state index in [-0.39, 0.29) is 0 Å². The molecule has 0 bridgehead atoms. The van der Waals surface area contributed by atoms with Crippen LogP contribution in [0.5, 0.6) is 0 Å². The van der Waals surface area contributed by atoms with Crippen molar-refractivity contribution in [2.75, 3.05) is 0 Å². The molecule has 0 spiro atoms. The first-order valence-electron chi connectivity index (χ1n) is 2.32. The Morgan fingerprint density at radius 3 is 3.12 bits per heavy atom. The maximum Gasteiger partial charge on any atom is 0.319 e. The third-order valence-electron chi connectivity index (χ3n) is 0.827. The summed E-state index contributed by atoms with van der Waals surface area (Å²) in [4.78, 5) is 3.38. The van der Waals surface area contributed by atoms with E-state index in [4.69, 9.17) is 11.0 Å². The summed E-state index contributed by atoms with van der Waals surface area (Å²) in [6, 6.07) is 3.64. The summed E-state index contributed by atoms with van der Waals surface area (Å²) in [5, 5.41) is 0. The van der Waals surface area contributed by atoms with Crippen LogP contribution < -0.4 is 0 Å². The van der Waals surface area contributed by atoms with Crippen molar-refractivity contribution < 1.29 is 4.42 Å². The topological polar surface area (TPSA) is 17.5 Å². The van der Waals surface area contributed by atoms with Crippen molar-refractivity contribution in [3.63, 3.8) is 0 Å². The second-order valence-electron chi connectivity index (χ2n) is 1.42. The minimum absolute atomic E-state index is 0.465. The standard InChI is InChI=1S/C6H6NO/c1-7-5-6-3-2-4-8-6/h1-4H,5H2/q+1. The first-order valence-corrected chi connectivity index (χ1v) is 2.32. The zero-order valence-corrected chi connectivity index (χ0v) is 4.37. The third kappa shape index (κ3) is 0.881. The fourth-order valence-electron chi connectivity index (χ4n) is 0.493. The van der Waals surface area contributed by atoms with Crippen LogP contribution in [0.1, 0.15) is 5.76 Å². The van der Waals surface area contributed by atoms with Crippen LogP contribution in [-0.4, -0.2) is 0 Å². The van der Waals surface area contributed by atoms with Gasteiger partial charge in [-0.3, -0.25) is 0 Å². The van der Waals surface area contributed by atoms with Gasteiger partial charge < -0.3 is 4.42 Å². The molecule has 1 aromatic heterocycles. The first-order chi connectivity index (χ1) is 3.93. The van der Waals surface area contributed by atoms with Gasteiger partial charge in [0, 0.05) is 0 Å². The number of hydrogen-bond acceptors (Lipinski definition) is 1. The molecule has 40 valence electrons. The van der Waals surface area contributed by atoms with Crippen LogP contribution in [0.3, 0.4) is 0 Å². The summed E-state index contributed by atoms with van der Waals surface area (Å²) < 4.78 is 4.90. The summed E-state index contributed by atoms with van der Waals surface area (Å²) >= 11 is 0. The molecule has 1 aromatic rings. The van der Waals surface area contributed by atoms with E-state index in [0.717, 1.165) is 5.76 Å². The molecule has 1 rings (SSSR count). The van der Waals surface area contributed by atoms with E-state index in [2.05, 4.69) is 4.85 Å². The fourth-order valence-corrected chi connectivity index (χ4v) is 0.493. The van der Waals surface area contributed by atoms with Crippen molar-refractivity contribution in [3.8, 4) is 6.57 Å². The predicted molar refractivity (Wildman–Crippen MR) is 30.7 cm³/mol. The second-order valence-corrected chi connectivity index (χ2v) is 1.42. The van der Waals surface area contributed by atoms with Crippen molar-refractivity contribution in [3.05, 3.63) is 29.0 Å². The summed E-state index contributed by atoms with van der Waals surface area (Å²) in [6.07, 6.45) is 1.60. The van der Waals surface area contributed by atoms with Gasteiger partial charge >= 0.3 is 6.54 Å². The molecule has 0 atom stereocenters. The highest BCUT2D eigenvalue weighted by Crippen LogP contribution is 1.99. The van der Waals surface area contributed by atoms with E-state index in [1.165, 1.54) is 0 Å². The average Bonchev–Trinajstić information content (AvgIpc) is 2.19. The van der Waals surface area contributed by atoms with Gasteiger partial charge in [0.05, 0.1) is 6.26 Å². The van der Waals surface area contributed by atoms with Gasteiger partial charge in [0.25, 0.3) is 6.57 Å². The van der Waals surface area contributed by atoms with Crippen LogP contribution in [-0.2, 0) is 6.54 Å². The average molecular weight is 108 g/mol. The van der Waals surface area contributed by atoms with Crippen molar-refractivity contribution >= 4 is 0 Å². The van der Waals surface area contributed by atoms with Gasteiger partial charge in [0.15, 0.2) is 5.76 Å². The molecule has 0 N–H and O–H groups in total. The minimum Gasteiger partial charge on any atom is -0.461 e. The van der Waals surface area contributed by atoms with E-state index in [1.807, 2.05) is 6.07 Å². The maximum absolute atomic E-state index is 4.90. The molecule has 0 unspecified atom stereocenters. The van der Waals surface area contributed by atoms with Gasteiger partial charge in [0.2, 0.25) is 0 Å². The van der Waals surface area contributed by atoms with Gasteiger partial charge in [0.1, 0.15) is 0 Å². The Balaban J connectivity index is 2.67. The summed E-state index contributed by atoms with van der Waals surface area (Å²) in [5.74, 6) is 0.799. The highest BCUT2D eigenvalue weighted by Gasteiger charge is 1.96. The van der Waals surface area contributed by atoms with Crippen molar-refractivity contribution in [1.29, 1.82) is 0 Å². The van der Waals surface area contributed by atoms with E-state index >= 15 is 0 Å².